The van der Waals surface area contributed by atoms with E-state index in [0.717, 1.165) is 25.0 Å². The molecule has 1 fully saturated rings. The van der Waals surface area contributed by atoms with Crippen LogP contribution in [-0.4, -0.2) is 20.4 Å². The van der Waals surface area contributed by atoms with Gasteiger partial charge in [0.15, 0.2) is 0 Å². The Kier molecular flexibility index (Phi) is 5.83. The Bertz CT molecular complexity index is 881. The number of anilines is 1. The van der Waals surface area contributed by atoms with Crippen LogP contribution in [0.4, 0.5) is 10.1 Å². The first kappa shape index (κ1) is 19.4. The fourth-order valence-electron chi connectivity index (χ4n) is 2.08. The maximum absolute atomic E-state index is 13.9. The minimum Gasteiger partial charge on any atom is -0.467 e. The van der Waals surface area contributed by atoms with E-state index in [1.807, 2.05) is 0 Å². The van der Waals surface area contributed by atoms with Crippen LogP contribution >= 0.6 is 12.4 Å². The van der Waals surface area contributed by atoms with Crippen LogP contribution in [0.3, 0.4) is 0 Å². The number of nitrogens with two attached hydrogens (primary N) is 1. The first-order valence-corrected chi connectivity index (χ1v) is 8.78. The molecule has 10 heteroatoms. The SMILES string of the molecule is Cl.NCc1cc(C(=O)Nc2ccc(F)c(S(=O)(=O)NC3CC3)c2)co1. The first-order chi connectivity index (χ1) is 11.4. The summed E-state index contributed by atoms with van der Waals surface area (Å²) in [6.45, 7) is 0.152. The highest BCUT2D eigenvalue weighted by atomic mass is 35.5. The number of rotatable bonds is 6. The van der Waals surface area contributed by atoms with E-state index in [0.29, 0.717) is 5.76 Å². The molecular formula is C15H17ClFN3O4S. The molecule has 136 valence electrons. The molecule has 0 atom stereocenters. The number of nitrogens with one attached hydrogen (secondary N) is 2. The molecule has 1 aliphatic carbocycles. The number of carbonyl (C=O) groups excluding carboxylic acids is 1. The van der Waals surface area contributed by atoms with Gasteiger partial charge in [-0.1, -0.05) is 0 Å². The highest BCUT2D eigenvalue weighted by molar-refractivity contribution is 7.89. The zero-order valence-electron chi connectivity index (χ0n) is 13.0. The molecule has 4 N–H and O–H groups in total. The molecule has 1 amide bonds. The third-order valence-corrected chi connectivity index (χ3v) is 5.03. The summed E-state index contributed by atoms with van der Waals surface area (Å²) in [6, 6.07) is 4.70. The quantitative estimate of drug-likeness (QED) is 0.699. The van der Waals surface area contributed by atoms with Crippen molar-refractivity contribution in [3.63, 3.8) is 0 Å². The van der Waals surface area contributed by atoms with Gasteiger partial charge < -0.3 is 15.5 Å². The summed E-state index contributed by atoms with van der Waals surface area (Å²) in [7, 11) is -3.96. The van der Waals surface area contributed by atoms with Crippen LogP contribution in [-0.2, 0) is 16.6 Å². The normalized spacial score (nSPS) is 14.0. The molecule has 0 spiro atoms. The second-order valence-electron chi connectivity index (χ2n) is 5.50. The van der Waals surface area contributed by atoms with Crippen LogP contribution in [0.2, 0.25) is 0 Å². The third kappa shape index (κ3) is 4.57. The highest BCUT2D eigenvalue weighted by Gasteiger charge is 2.30. The van der Waals surface area contributed by atoms with Gasteiger partial charge in [-0.05, 0) is 37.1 Å². The van der Waals surface area contributed by atoms with Gasteiger partial charge in [0.1, 0.15) is 22.7 Å². The molecule has 0 aliphatic heterocycles. The summed E-state index contributed by atoms with van der Waals surface area (Å²) in [4.78, 5) is 11.6. The van der Waals surface area contributed by atoms with Crippen molar-refractivity contribution in [2.75, 3.05) is 5.32 Å². The molecule has 1 aliphatic rings. The van der Waals surface area contributed by atoms with Crippen LogP contribution in [0.5, 0.6) is 0 Å². The third-order valence-electron chi connectivity index (χ3n) is 3.49. The predicted molar refractivity (Wildman–Crippen MR) is 91.5 cm³/mol. The van der Waals surface area contributed by atoms with Gasteiger partial charge in [0, 0.05) is 11.7 Å². The van der Waals surface area contributed by atoms with Crippen molar-refractivity contribution in [3.8, 4) is 0 Å². The van der Waals surface area contributed by atoms with E-state index < -0.39 is 26.6 Å². The van der Waals surface area contributed by atoms with Crippen LogP contribution in [0, 0.1) is 5.82 Å². The number of amides is 1. The smallest absolute Gasteiger partial charge is 0.258 e. The molecule has 25 heavy (non-hydrogen) atoms. The van der Waals surface area contributed by atoms with E-state index in [4.69, 9.17) is 10.2 Å². The summed E-state index contributed by atoms with van der Waals surface area (Å²) in [5, 5.41) is 2.51. The van der Waals surface area contributed by atoms with Gasteiger partial charge in [-0.15, -0.1) is 12.4 Å². The van der Waals surface area contributed by atoms with Crippen molar-refractivity contribution in [3.05, 3.63) is 47.7 Å². The molecule has 7 nitrogen and oxygen atoms in total. The van der Waals surface area contributed by atoms with Gasteiger partial charge in [0.05, 0.1) is 12.1 Å². The zero-order chi connectivity index (χ0) is 17.3. The first-order valence-electron chi connectivity index (χ1n) is 7.30. The van der Waals surface area contributed by atoms with Crippen molar-refractivity contribution in [1.82, 2.24) is 4.72 Å². The monoisotopic (exact) mass is 389 g/mol. The molecule has 1 aromatic carbocycles. The predicted octanol–water partition coefficient (Wildman–Crippen LogP) is 1.99. The van der Waals surface area contributed by atoms with Crippen molar-refractivity contribution in [2.24, 2.45) is 5.73 Å². The number of halogens is 2. The molecular weight excluding hydrogens is 373 g/mol. The second kappa shape index (κ2) is 7.52. The standard InChI is InChI=1S/C15H16FN3O4S.ClH/c16-13-4-3-11(6-14(13)24(21,22)19-10-1-2-10)18-15(20)9-5-12(7-17)23-8-9;/h3-6,8,10,19H,1-2,7,17H2,(H,18,20);1H. The maximum Gasteiger partial charge on any atom is 0.258 e. The average Bonchev–Trinajstić information content (AvgIpc) is 3.20. The van der Waals surface area contributed by atoms with Gasteiger partial charge in [0.2, 0.25) is 10.0 Å². The van der Waals surface area contributed by atoms with E-state index in [-0.39, 0.29) is 36.2 Å². The molecule has 1 saturated carbocycles. The van der Waals surface area contributed by atoms with Crippen molar-refractivity contribution in [2.45, 2.75) is 30.3 Å². The van der Waals surface area contributed by atoms with Gasteiger partial charge >= 0.3 is 0 Å². The zero-order valence-corrected chi connectivity index (χ0v) is 14.6. The van der Waals surface area contributed by atoms with Crippen molar-refractivity contribution in [1.29, 1.82) is 0 Å². The van der Waals surface area contributed by atoms with Crippen molar-refractivity contribution >= 4 is 34.0 Å². The molecule has 0 radical (unpaired) electrons. The number of sulfonamides is 1. The Morgan fingerprint density at radius 2 is 2.04 bits per heavy atom. The largest absolute Gasteiger partial charge is 0.467 e. The van der Waals surface area contributed by atoms with Crippen LogP contribution < -0.4 is 15.8 Å². The molecule has 0 bridgehead atoms. The van der Waals surface area contributed by atoms with E-state index in [9.17, 15) is 17.6 Å². The molecule has 0 unspecified atom stereocenters. The lowest BCUT2D eigenvalue weighted by Crippen LogP contribution is -2.26. The summed E-state index contributed by atoms with van der Waals surface area (Å²) in [5.74, 6) is -0.949. The molecule has 3 rings (SSSR count). The Labute approximate surface area is 150 Å². The Balaban J connectivity index is 0.00000225. The van der Waals surface area contributed by atoms with Crippen LogP contribution in [0.25, 0.3) is 0 Å². The number of benzene rings is 1. The Morgan fingerprint density at radius 1 is 1.32 bits per heavy atom. The number of hydrogen-bond donors (Lipinski definition) is 3. The lowest BCUT2D eigenvalue weighted by Gasteiger charge is -2.09. The maximum atomic E-state index is 13.9. The fourth-order valence-corrected chi connectivity index (χ4v) is 3.49. The van der Waals surface area contributed by atoms with Gasteiger partial charge in [-0.3, -0.25) is 4.79 Å². The topological polar surface area (TPSA) is 114 Å². The van der Waals surface area contributed by atoms with Crippen LogP contribution in [0.1, 0.15) is 29.0 Å². The number of hydrogen-bond acceptors (Lipinski definition) is 5. The van der Waals surface area contributed by atoms with E-state index in [1.54, 1.807) is 0 Å². The van der Waals surface area contributed by atoms with Gasteiger partial charge in [-0.25, -0.2) is 17.5 Å². The van der Waals surface area contributed by atoms with Gasteiger partial charge in [-0.2, -0.15) is 0 Å². The molecule has 1 aromatic heterocycles. The fraction of sp³-hybridized carbons (Fsp3) is 0.267. The summed E-state index contributed by atoms with van der Waals surface area (Å²) < 4.78 is 45.7. The van der Waals surface area contributed by atoms with E-state index in [1.165, 1.54) is 18.4 Å². The summed E-state index contributed by atoms with van der Waals surface area (Å²) in [5.41, 5.74) is 5.80. The van der Waals surface area contributed by atoms with Gasteiger partial charge in [0.25, 0.3) is 5.91 Å². The molecule has 0 saturated heterocycles. The minimum absolute atomic E-state index is 0. The van der Waals surface area contributed by atoms with E-state index >= 15 is 0 Å². The number of carbonyl (C=O) groups is 1. The van der Waals surface area contributed by atoms with Crippen molar-refractivity contribution < 1.29 is 22.0 Å². The number of furan rings is 1. The average molecular weight is 390 g/mol. The summed E-state index contributed by atoms with van der Waals surface area (Å²) in [6.07, 6.45) is 2.72. The molecule has 2 aromatic rings. The molecule has 1 heterocycles. The van der Waals surface area contributed by atoms with Crippen LogP contribution in [0.15, 0.2) is 39.8 Å². The Hall–Kier alpha value is -1.94. The second-order valence-corrected chi connectivity index (χ2v) is 7.18. The van der Waals surface area contributed by atoms with E-state index in [2.05, 4.69) is 10.0 Å². The lowest BCUT2D eigenvalue weighted by molar-refractivity contribution is 0.102. The lowest BCUT2D eigenvalue weighted by atomic mass is 10.2. The summed E-state index contributed by atoms with van der Waals surface area (Å²) >= 11 is 0. The highest BCUT2D eigenvalue weighted by Crippen LogP contribution is 2.25. The minimum atomic E-state index is -3.96. The Morgan fingerprint density at radius 3 is 2.64 bits per heavy atom.